The summed E-state index contributed by atoms with van der Waals surface area (Å²) in [5.74, 6) is 1.65. The molecule has 3 nitrogen and oxygen atoms in total. The summed E-state index contributed by atoms with van der Waals surface area (Å²) in [7, 11) is 1.73. The first-order valence-corrected chi connectivity index (χ1v) is 7.26. The second kappa shape index (κ2) is 6.92. The van der Waals surface area contributed by atoms with Gasteiger partial charge in [-0.25, -0.2) is 0 Å². The van der Waals surface area contributed by atoms with Crippen LogP contribution in [0.15, 0.2) is 24.3 Å². The molecule has 0 aliphatic carbocycles. The molecule has 1 aliphatic heterocycles. The third-order valence-electron chi connectivity index (χ3n) is 3.80. The molecule has 1 saturated heterocycles. The molecule has 0 spiro atoms. The maximum absolute atomic E-state index is 5.30. The smallest absolute Gasteiger partial charge is 0.119 e. The number of benzene rings is 1. The van der Waals surface area contributed by atoms with Crippen LogP contribution in [0, 0.1) is 5.92 Å². The van der Waals surface area contributed by atoms with Gasteiger partial charge in [-0.1, -0.05) is 19.1 Å². The average molecular weight is 262 g/mol. The summed E-state index contributed by atoms with van der Waals surface area (Å²) < 4.78 is 5.30. The number of nitrogens with zero attached hydrogens (tertiary/aromatic N) is 1. The van der Waals surface area contributed by atoms with Gasteiger partial charge in [0, 0.05) is 19.1 Å². The number of ether oxygens (including phenoxy) is 1. The Labute approximate surface area is 116 Å². The quantitative estimate of drug-likeness (QED) is 0.906. The van der Waals surface area contributed by atoms with E-state index < -0.39 is 0 Å². The minimum atomic E-state index is 0.621. The lowest BCUT2D eigenvalue weighted by Crippen LogP contribution is -2.42. The molecule has 1 aromatic rings. The largest absolute Gasteiger partial charge is 0.497 e. The normalized spacial score (nSPS) is 25.6. The molecule has 106 valence electrons. The summed E-state index contributed by atoms with van der Waals surface area (Å²) >= 11 is 0. The molecule has 2 atom stereocenters. The van der Waals surface area contributed by atoms with Gasteiger partial charge in [0.05, 0.1) is 7.11 Å². The average Bonchev–Trinajstić information content (AvgIpc) is 2.41. The highest BCUT2D eigenvalue weighted by atomic mass is 16.5. The van der Waals surface area contributed by atoms with Crippen molar-refractivity contribution in [3.63, 3.8) is 0 Å². The topological polar surface area (TPSA) is 24.5 Å². The Hall–Kier alpha value is -1.06. The van der Waals surface area contributed by atoms with Gasteiger partial charge in [0.15, 0.2) is 0 Å². The first-order chi connectivity index (χ1) is 9.17. The number of methoxy groups -OCH3 is 1. The predicted molar refractivity (Wildman–Crippen MR) is 79.5 cm³/mol. The fraction of sp³-hybridized carbons (Fsp3) is 0.625. The summed E-state index contributed by atoms with van der Waals surface area (Å²) in [5.41, 5.74) is 1.34. The zero-order valence-corrected chi connectivity index (χ0v) is 12.4. The molecule has 19 heavy (non-hydrogen) atoms. The first kappa shape index (κ1) is 14.4. The van der Waals surface area contributed by atoms with Crippen molar-refractivity contribution in [2.45, 2.75) is 32.9 Å². The molecule has 1 heterocycles. The molecule has 1 aromatic carbocycles. The third-order valence-corrected chi connectivity index (χ3v) is 3.80. The van der Waals surface area contributed by atoms with Gasteiger partial charge in [0.2, 0.25) is 0 Å². The number of hydrogen-bond acceptors (Lipinski definition) is 3. The number of hydrogen-bond donors (Lipinski definition) is 1. The van der Waals surface area contributed by atoms with E-state index in [2.05, 4.69) is 42.3 Å². The van der Waals surface area contributed by atoms with Crippen LogP contribution in [-0.2, 0) is 6.54 Å². The summed E-state index contributed by atoms with van der Waals surface area (Å²) in [5, 5.41) is 3.59. The molecular weight excluding hydrogens is 236 g/mol. The fourth-order valence-corrected chi connectivity index (χ4v) is 2.65. The molecule has 1 N–H and O–H groups in total. The van der Waals surface area contributed by atoms with E-state index in [9.17, 15) is 0 Å². The van der Waals surface area contributed by atoms with Crippen molar-refractivity contribution in [2.75, 3.05) is 26.7 Å². The van der Waals surface area contributed by atoms with Crippen molar-refractivity contribution in [1.82, 2.24) is 10.2 Å². The van der Waals surface area contributed by atoms with E-state index in [0.717, 1.165) is 31.9 Å². The predicted octanol–water partition coefficient (Wildman–Crippen LogP) is 2.52. The van der Waals surface area contributed by atoms with Gasteiger partial charge < -0.3 is 10.1 Å². The minimum Gasteiger partial charge on any atom is -0.497 e. The highest BCUT2D eigenvalue weighted by molar-refractivity contribution is 5.28. The highest BCUT2D eigenvalue weighted by Gasteiger charge is 2.16. The molecule has 3 heteroatoms. The standard InChI is InChI=1S/C16H26N2O/c1-13-10-17-14(2)7-8-18(11-13)12-15-5-4-6-16(9-15)19-3/h4-6,9,13-14,17H,7-8,10-12H2,1-3H3. The summed E-state index contributed by atoms with van der Waals surface area (Å²) in [6, 6.07) is 9.03. The first-order valence-electron chi connectivity index (χ1n) is 7.26. The van der Waals surface area contributed by atoms with Crippen molar-refractivity contribution in [2.24, 2.45) is 5.92 Å². The molecular formula is C16H26N2O. The summed E-state index contributed by atoms with van der Waals surface area (Å²) in [4.78, 5) is 2.57. The molecule has 0 aromatic heterocycles. The van der Waals surface area contributed by atoms with Gasteiger partial charge in [-0.15, -0.1) is 0 Å². The zero-order valence-electron chi connectivity index (χ0n) is 12.4. The lowest BCUT2D eigenvalue weighted by atomic mass is 10.1. The van der Waals surface area contributed by atoms with Crippen LogP contribution in [0.3, 0.4) is 0 Å². The van der Waals surface area contributed by atoms with Crippen LogP contribution >= 0.6 is 0 Å². The van der Waals surface area contributed by atoms with Crippen LogP contribution < -0.4 is 10.1 Å². The lowest BCUT2D eigenvalue weighted by molar-refractivity contribution is 0.194. The number of rotatable bonds is 3. The Bertz CT molecular complexity index is 394. The monoisotopic (exact) mass is 262 g/mol. The van der Waals surface area contributed by atoms with Crippen LogP contribution in [0.4, 0.5) is 0 Å². The van der Waals surface area contributed by atoms with Crippen molar-refractivity contribution in [3.8, 4) is 5.75 Å². The molecule has 1 fully saturated rings. The Morgan fingerprint density at radius 1 is 1.37 bits per heavy atom. The Kier molecular flexibility index (Phi) is 5.23. The van der Waals surface area contributed by atoms with E-state index in [1.807, 2.05) is 6.07 Å². The second-order valence-electron chi connectivity index (χ2n) is 5.79. The molecule has 2 rings (SSSR count). The SMILES string of the molecule is COc1cccc(CN2CCC(C)NCC(C)C2)c1. The van der Waals surface area contributed by atoms with Gasteiger partial charge in [0.1, 0.15) is 5.75 Å². The van der Waals surface area contributed by atoms with Gasteiger partial charge in [-0.3, -0.25) is 4.90 Å². The Morgan fingerprint density at radius 3 is 3.00 bits per heavy atom. The van der Waals surface area contributed by atoms with Gasteiger partial charge >= 0.3 is 0 Å². The van der Waals surface area contributed by atoms with Crippen LogP contribution in [0.1, 0.15) is 25.8 Å². The molecule has 0 saturated carbocycles. The van der Waals surface area contributed by atoms with Crippen molar-refractivity contribution in [3.05, 3.63) is 29.8 Å². The van der Waals surface area contributed by atoms with E-state index in [1.165, 1.54) is 12.0 Å². The minimum absolute atomic E-state index is 0.621. The van der Waals surface area contributed by atoms with E-state index >= 15 is 0 Å². The van der Waals surface area contributed by atoms with Gasteiger partial charge in [-0.05, 0) is 50.0 Å². The van der Waals surface area contributed by atoms with E-state index in [-0.39, 0.29) is 0 Å². The van der Waals surface area contributed by atoms with Crippen molar-refractivity contribution >= 4 is 0 Å². The highest BCUT2D eigenvalue weighted by Crippen LogP contribution is 2.16. The van der Waals surface area contributed by atoms with E-state index in [1.54, 1.807) is 7.11 Å². The summed E-state index contributed by atoms with van der Waals surface area (Å²) in [6.45, 7) is 9.07. The Balaban J connectivity index is 1.98. The van der Waals surface area contributed by atoms with Gasteiger partial charge in [-0.2, -0.15) is 0 Å². The summed E-state index contributed by atoms with van der Waals surface area (Å²) in [6.07, 6.45) is 1.22. The molecule has 1 aliphatic rings. The van der Waals surface area contributed by atoms with Gasteiger partial charge in [0.25, 0.3) is 0 Å². The number of nitrogens with one attached hydrogen (secondary N) is 1. The lowest BCUT2D eigenvalue weighted by Gasteiger charge is -2.31. The zero-order chi connectivity index (χ0) is 13.7. The maximum Gasteiger partial charge on any atom is 0.119 e. The molecule has 0 amide bonds. The van der Waals surface area contributed by atoms with Crippen LogP contribution in [0.25, 0.3) is 0 Å². The van der Waals surface area contributed by atoms with Crippen LogP contribution in [-0.4, -0.2) is 37.7 Å². The Morgan fingerprint density at radius 2 is 2.21 bits per heavy atom. The van der Waals surface area contributed by atoms with E-state index in [0.29, 0.717) is 12.0 Å². The molecule has 2 unspecified atom stereocenters. The molecule has 0 radical (unpaired) electrons. The van der Waals surface area contributed by atoms with Crippen molar-refractivity contribution < 1.29 is 4.74 Å². The van der Waals surface area contributed by atoms with Crippen LogP contribution in [0.5, 0.6) is 5.75 Å². The van der Waals surface area contributed by atoms with E-state index in [4.69, 9.17) is 4.74 Å². The second-order valence-corrected chi connectivity index (χ2v) is 5.79. The van der Waals surface area contributed by atoms with Crippen LogP contribution in [0.2, 0.25) is 0 Å². The maximum atomic E-state index is 5.30. The fourth-order valence-electron chi connectivity index (χ4n) is 2.65. The molecule has 0 bridgehead atoms. The third kappa shape index (κ3) is 4.51. The van der Waals surface area contributed by atoms with Crippen molar-refractivity contribution in [1.29, 1.82) is 0 Å².